The molecule has 3 N–H and O–H groups in total. The number of amides is 1. The van der Waals surface area contributed by atoms with Crippen LogP contribution in [0.2, 0.25) is 0 Å². The topological polar surface area (TPSA) is 84.2 Å². The van der Waals surface area contributed by atoms with Crippen LogP contribution in [0.15, 0.2) is 38.9 Å². The van der Waals surface area contributed by atoms with Crippen LogP contribution in [-0.2, 0) is 11.3 Å². The second-order valence-corrected chi connectivity index (χ2v) is 9.57. The fraction of sp³-hybridized carbons (Fsp3) is 0.368. The van der Waals surface area contributed by atoms with Crippen molar-refractivity contribution >= 4 is 49.9 Å². The number of aromatic nitrogens is 2. The van der Waals surface area contributed by atoms with Gasteiger partial charge in [-0.2, -0.15) is 0 Å². The van der Waals surface area contributed by atoms with Gasteiger partial charge in [-0.3, -0.25) is 14.6 Å². The first-order valence-corrected chi connectivity index (χ1v) is 10.8. The molecule has 1 aliphatic heterocycles. The van der Waals surface area contributed by atoms with Gasteiger partial charge in [0.1, 0.15) is 0 Å². The van der Waals surface area contributed by atoms with E-state index < -0.39 is 0 Å². The first-order valence-electron chi connectivity index (χ1n) is 9.21. The van der Waals surface area contributed by atoms with Crippen LogP contribution in [0.1, 0.15) is 11.8 Å². The Morgan fingerprint density at radius 1 is 1.18 bits per heavy atom. The molecule has 1 fully saturated rings. The van der Waals surface area contributed by atoms with Crippen molar-refractivity contribution in [3.63, 3.8) is 0 Å². The van der Waals surface area contributed by atoms with E-state index >= 15 is 0 Å². The van der Waals surface area contributed by atoms with Crippen molar-refractivity contribution in [1.82, 2.24) is 19.8 Å². The van der Waals surface area contributed by atoms with E-state index in [-0.39, 0.29) is 17.6 Å². The van der Waals surface area contributed by atoms with Crippen molar-refractivity contribution in [3.8, 4) is 0 Å². The molecule has 1 saturated heterocycles. The maximum Gasteiger partial charge on any atom is 0.323 e. The number of hydrogen-bond acceptors (Lipinski definition) is 5. The molecule has 1 unspecified atom stereocenters. The maximum atomic E-state index is 12.7. The van der Waals surface area contributed by atoms with E-state index in [0.29, 0.717) is 11.2 Å². The van der Waals surface area contributed by atoms with Crippen LogP contribution < -0.4 is 11.0 Å². The molecule has 148 valence electrons. The van der Waals surface area contributed by atoms with Gasteiger partial charge < -0.3 is 15.3 Å². The number of halogens is 1. The molecule has 3 heterocycles. The third kappa shape index (κ3) is 4.38. The number of thiophene rings is 1. The fourth-order valence-electron chi connectivity index (χ4n) is 3.49. The van der Waals surface area contributed by atoms with E-state index in [1.54, 1.807) is 29.5 Å². The molecule has 0 spiro atoms. The van der Waals surface area contributed by atoms with Crippen LogP contribution in [0.25, 0.3) is 11.0 Å². The van der Waals surface area contributed by atoms with E-state index in [9.17, 15) is 9.59 Å². The lowest BCUT2D eigenvalue weighted by molar-refractivity contribution is -0.121. The molecule has 2 aromatic heterocycles. The van der Waals surface area contributed by atoms with Crippen molar-refractivity contribution in [1.29, 1.82) is 0 Å². The molecule has 0 radical (unpaired) electrons. The second-order valence-electron chi connectivity index (χ2n) is 7.02. The average Bonchev–Trinajstić information content (AvgIpc) is 3.25. The summed E-state index contributed by atoms with van der Waals surface area (Å²) in [6.07, 6.45) is 0. The Balaban J connectivity index is 1.31. The van der Waals surface area contributed by atoms with Crippen LogP contribution >= 0.6 is 27.3 Å². The largest absolute Gasteiger partial charge is 0.325 e. The minimum absolute atomic E-state index is 0.0344. The number of aromatic amines is 2. The van der Waals surface area contributed by atoms with Gasteiger partial charge in [0.25, 0.3) is 0 Å². The number of rotatable bonds is 5. The average molecular weight is 464 g/mol. The van der Waals surface area contributed by atoms with Crippen LogP contribution in [0.4, 0.5) is 5.69 Å². The molecule has 0 saturated carbocycles. The second kappa shape index (κ2) is 8.20. The maximum absolute atomic E-state index is 12.7. The van der Waals surface area contributed by atoms with Gasteiger partial charge in [0, 0.05) is 43.3 Å². The summed E-state index contributed by atoms with van der Waals surface area (Å²) >= 11 is 5.28. The molecule has 1 aliphatic rings. The smallest absolute Gasteiger partial charge is 0.323 e. The summed E-state index contributed by atoms with van der Waals surface area (Å²) in [7, 11) is 0. The van der Waals surface area contributed by atoms with Gasteiger partial charge in [0.15, 0.2) is 0 Å². The quantitative estimate of drug-likeness (QED) is 0.542. The summed E-state index contributed by atoms with van der Waals surface area (Å²) in [5.74, 6) is -0.0344. The van der Waals surface area contributed by atoms with Crippen LogP contribution in [0.5, 0.6) is 0 Å². The predicted octanol–water partition coefficient (Wildman–Crippen LogP) is 2.83. The number of carbonyl (C=O) groups excluding carboxylic acids is 1. The monoisotopic (exact) mass is 463 g/mol. The van der Waals surface area contributed by atoms with Gasteiger partial charge in [-0.05, 0) is 53.2 Å². The zero-order valence-electron chi connectivity index (χ0n) is 15.5. The number of anilines is 1. The van der Waals surface area contributed by atoms with E-state index in [2.05, 4.69) is 53.1 Å². The van der Waals surface area contributed by atoms with Crippen molar-refractivity contribution in [2.24, 2.45) is 0 Å². The van der Waals surface area contributed by atoms with Gasteiger partial charge in [0.2, 0.25) is 5.91 Å². The van der Waals surface area contributed by atoms with Crippen molar-refractivity contribution in [2.75, 3.05) is 31.5 Å². The first kappa shape index (κ1) is 19.4. The van der Waals surface area contributed by atoms with Gasteiger partial charge in [0.05, 0.1) is 20.9 Å². The molecule has 1 atom stereocenters. The van der Waals surface area contributed by atoms with E-state index in [0.717, 1.165) is 42.0 Å². The number of piperazine rings is 1. The van der Waals surface area contributed by atoms with Gasteiger partial charge in [-0.15, -0.1) is 11.3 Å². The predicted molar refractivity (Wildman–Crippen MR) is 116 cm³/mol. The Morgan fingerprint density at radius 2 is 1.93 bits per heavy atom. The Labute approximate surface area is 174 Å². The number of imidazole rings is 1. The number of nitrogens with zero attached hydrogens (tertiary/aromatic N) is 2. The van der Waals surface area contributed by atoms with Gasteiger partial charge in [-0.1, -0.05) is 0 Å². The van der Waals surface area contributed by atoms with Crippen LogP contribution in [0, 0.1) is 0 Å². The number of carbonyl (C=O) groups is 1. The van der Waals surface area contributed by atoms with Crippen molar-refractivity contribution in [3.05, 3.63) is 49.5 Å². The van der Waals surface area contributed by atoms with Crippen molar-refractivity contribution in [2.45, 2.75) is 19.5 Å². The van der Waals surface area contributed by atoms with Gasteiger partial charge >= 0.3 is 5.69 Å². The zero-order valence-corrected chi connectivity index (χ0v) is 17.9. The molecule has 1 aromatic carbocycles. The summed E-state index contributed by atoms with van der Waals surface area (Å²) in [5, 5.41) is 2.96. The molecular formula is C19H22BrN5O2S. The van der Waals surface area contributed by atoms with Crippen LogP contribution in [0.3, 0.4) is 0 Å². The molecule has 9 heteroatoms. The van der Waals surface area contributed by atoms with E-state index in [1.165, 1.54) is 4.88 Å². The highest BCUT2D eigenvalue weighted by Crippen LogP contribution is 2.24. The number of fused-ring (bicyclic) bond motifs is 1. The van der Waals surface area contributed by atoms with E-state index in [1.807, 2.05) is 6.92 Å². The van der Waals surface area contributed by atoms with E-state index in [4.69, 9.17) is 0 Å². The standard InChI is InChI=1S/C19H22BrN5O2S/c1-12(18(26)21-13-2-4-15-16(10-13)23-19(27)22-15)25-8-6-24(7-9-25)11-14-3-5-17(20)28-14/h2-5,10,12H,6-9,11H2,1H3,(H,21,26)(H2,22,23,27). The Bertz CT molecular complexity index is 1030. The SMILES string of the molecule is CC(C(=O)Nc1ccc2[nH]c(=O)[nH]c2c1)N1CCN(Cc2ccc(Br)s2)CC1. The lowest BCUT2D eigenvalue weighted by Gasteiger charge is -2.37. The summed E-state index contributed by atoms with van der Waals surface area (Å²) in [6.45, 7) is 6.53. The van der Waals surface area contributed by atoms with Gasteiger partial charge in [-0.25, -0.2) is 4.79 Å². The van der Waals surface area contributed by atoms with Crippen LogP contribution in [-0.4, -0.2) is 57.9 Å². The molecule has 28 heavy (non-hydrogen) atoms. The molecule has 4 rings (SSSR count). The molecule has 0 aliphatic carbocycles. The normalized spacial score (nSPS) is 17.1. The number of benzene rings is 1. The summed E-state index contributed by atoms with van der Waals surface area (Å²) in [6, 6.07) is 9.39. The lowest BCUT2D eigenvalue weighted by Crippen LogP contribution is -2.52. The number of hydrogen-bond donors (Lipinski definition) is 3. The summed E-state index contributed by atoms with van der Waals surface area (Å²) < 4.78 is 1.16. The highest BCUT2D eigenvalue weighted by molar-refractivity contribution is 9.11. The number of nitrogens with one attached hydrogen (secondary N) is 3. The molecule has 3 aromatic rings. The molecule has 7 nitrogen and oxygen atoms in total. The Kier molecular flexibility index (Phi) is 5.68. The minimum Gasteiger partial charge on any atom is -0.325 e. The Hall–Kier alpha value is -1.94. The minimum atomic E-state index is -0.250. The Morgan fingerprint density at radius 3 is 2.64 bits per heavy atom. The summed E-state index contributed by atoms with van der Waals surface area (Å²) in [4.78, 5) is 35.4. The zero-order chi connectivity index (χ0) is 19.7. The molecule has 1 amide bonds. The third-order valence-electron chi connectivity index (χ3n) is 5.13. The molecular weight excluding hydrogens is 442 g/mol. The highest BCUT2D eigenvalue weighted by atomic mass is 79.9. The molecule has 0 bridgehead atoms. The third-order valence-corrected chi connectivity index (χ3v) is 6.73. The lowest BCUT2D eigenvalue weighted by atomic mass is 10.2. The number of H-pyrrole nitrogens is 2. The fourth-order valence-corrected chi connectivity index (χ4v) is 5.01. The van der Waals surface area contributed by atoms with Crippen molar-refractivity contribution < 1.29 is 4.79 Å². The highest BCUT2D eigenvalue weighted by Gasteiger charge is 2.25. The first-order chi connectivity index (χ1) is 13.5. The summed E-state index contributed by atoms with van der Waals surface area (Å²) in [5.41, 5.74) is 1.84.